The Bertz CT molecular complexity index is 931. The number of aryl methyl sites for hydroxylation is 1. The second-order valence-corrected chi connectivity index (χ2v) is 8.46. The van der Waals surface area contributed by atoms with Gasteiger partial charge in [0.15, 0.2) is 11.6 Å². The van der Waals surface area contributed by atoms with E-state index >= 15 is 0 Å². The summed E-state index contributed by atoms with van der Waals surface area (Å²) in [6.45, 7) is 1.45. The van der Waals surface area contributed by atoms with Crippen molar-refractivity contribution in [3.8, 4) is 0 Å². The monoisotopic (exact) mass is 382 g/mol. The molecule has 1 aliphatic heterocycles. The van der Waals surface area contributed by atoms with Crippen LogP contribution in [-0.2, 0) is 16.6 Å². The summed E-state index contributed by atoms with van der Waals surface area (Å²) in [6.07, 6.45) is 3.78. The number of amides is 1. The van der Waals surface area contributed by atoms with Gasteiger partial charge in [-0.2, -0.15) is 0 Å². The number of rotatable bonds is 3. The second-order valence-electron chi connectivity index (χ2n) is 8.46. The first-order chi connectivity index (χ1) is 13.6. The molecule has 146 valence electrons. The smallest absolute Gasteiger partial charge is 0.224 e. The summed E-state index contributed by atoms with van der Waals surface area (Å²) in [6, 6.07) is 12.4. The number of benzene rings is 2. The third-order valence-electron chi connectivity index (χ3n) is 6.97. The van der Waals surface area contributed by atoms with Crippen LogP contribution in [0.5, 0.6) is 0 Å². The molecule has 0 radical (unpaired) electrons. The van der Waals surface area contributed by atoms with Crippen LogP contribution in [0.4, 0.5) is 8.78 Å². The minimum Gasteiger partial charge on any atom is -0.351 e. The Labute approximate surface area is 163 Å². The number of nitrogens with one attached hydrogen (secondary N) is 2. The summed E-state index contributed by atoms with van der Waals surface area (Å²) in [7, 11) is 0. The van der Waals surface area contributed by atoms with Crippen molar-refractivity contribution in [1.29, 1.82) is 0 Å². The van der Waals surface area contributed by atoms with Crippen LogP contribution in [0, 0.1) is 17.6 Å². The molecule has 0 bridgehead atoms. The highest BCUT2D eigenvalue weighted by Gasteiger charge is 2.61. The number of carbonyl (C=O) groups excluding carboxylic acids is 1. The van der Waals surface area contributed by atoms with Crippen molar-refractivity contribution < 1.29 is 13.6 Å². The number of carbonyl (C=O) groups is 1. The van der Waals surface area contributed by atoms with Crippen molar-refractivity contribution in [2.75, 3.05) is 13.1 Å². The lowest BCUT2D eigenvalue weighted by molar-refractivity contribution is -0.123. The predicted molar refractivity (Wildman–Crippen MR) is 103 cm³/mol. The number of fused-ring (bicyclic) bond motifs is 2. The predicted octanol–water partition coefficient (Wildman–Crippen LogP) is 3.43. The zero-order valence-corrected chi connectivity index (χ0v) is 15.7. The first-order valence-corrected chi connectivity index (χ1v) is 10.1. The Morgan fingerprint density at radius 3 is 2.86 bits per heavy atom. The highest BCUT2D eigenvalue weighted by molar-refractivity contribution is 5.85. The molecular weight excluding hydrogens is 358 g/mol. The van der Waals surface area contributed by atoms with Crippen LogP contribution in [0.25, 0.3) is 0 Å². The number of piperidine rings is 1. The molecule has 2 aliphatic carbocycles. The summed E-state index contributed by atoms with van der Waals surface area (Å²) in [5.41, 5.74) is 3.48. The lowest BCUT2D eigenvalue weighted by Crippen LogP contribution is -2.50. The van der Waals surface area contributed by atoms with Gasteiger partial charge in [0.05, 0.1) is 0 Å². The maximum atomic E-state index is 13.7. The van der Waals surface area contributed by atoms with Gasteiger partial charge in [-0.25, -0.2) is 8.78 Å². The third kappa shape index (κ3) is 2.84. The third-order valence-corrected chi connectivity index (χ3v) is 6.97. The van der Waals surface area contributed by atoms with Gasteiger partial charge in [-0.15, -0.1) is 0 Å². The van der Waals surface area contributed by atoms with Crippen LogP contribution in [-0.4, -0.2) is 25.0 Å². The Morgan fingerprint density at radius 1 is 1.14 bits per heavy atom. The second kappa shape index (κ2) is 6.66. The Hall–Kier alpha value is -2.27. The van der Waals surface area contributed by atoms with Gasteiger partial charge in [-0.05, 0) is 61.1 Å². The fourth-order valence-electron chi connectivity index (χ4n) is 5.37. The number of hydrogen-bond donors (Lipinski definition) is 2. The normalized spacial score (nSPS) is 30.9. The number of halogens is 2. The van der Waals surface area contributed by atoms with E-state index in [1.165, 1.54) is 23.3 Å². The molecule has 1 saturated heterocycles. The van der Waals surface area contributed by atoms with E-state index in [4.69, 9.17) is 0 Å². The van der Waals surface area contributed by atoms with E-state index in [1.807, 2.05) is 0 Å². The van der Waals surface area contributed by atoms with Crippen LogP contribution >= 0.6 is 0 Å². The standard InChI is InChI=1S/C23H24F2N2O/c24-19-6-5-15(11-20(19)25)16-8-10-26-13-21(16)27-22(28)18-12-23(18)9-7-14-3-1-2-4-17(14)23/h1-6,11,16,18,21,26H,7-10,12-13H2,(H,27,28). The molecule has 3 nitrogen and oxygen atoms in total. The summed E-state index contributed by atoms with van der Waals surface area (Å²) in [5.74, 6) is -1.56. The molecule has 2 N–H and O–H groups in total. The molecule has 4 unspecified atom stereocenters. The average molecular weight is 382 g/mol. The van der Waals surface area contributed by atoms with Crippen molar-refractivity contribution in [2.24, 2.45) is 5.92 Å². The van der Waals surface area contributed by atoms with Crippen LogP contribution in [0.2, 0.25) is 0 Å². The molecule has 5 heteroatoms. The molecule has 1 amide bonds. The zero-order chi connectivity index (χ0) is 19.3. The molecule has 28 heavy (non-hydrogen) atoms. The van der Waals surface area contributed by atoms with E-state index in [1.54, 1.807) is 6.07 Å². The Kier molecular flexibility index (Phi) is 4.23. The maximum absolute atomic E-state index is 13.7. The molecule has 1 spiro atoms. The number of hydrogen-bond acceptors (Lipinski definition) is 2. The van der Waals surface area contributed by atoms with Gasteiger partial charge in [-0.3, -0.25) is 4.79 Å². The minimum absolute atomic E-state index is 0.00846. The molecule has 0 aromatic heterocycles. The van der Waals surface area contributed by atoms with Crippen molar-refractivity contribution in [3.63, 3.8) is 0 Å². The highest BCUT2D eigenvalue weighted by atomic mass is 19.2. The first kappa shape index (κ1) is 17.8. The highest BCUT2D eigenvalue weighted by Crippen LogP contribution is 2.61. The van der Waals surface area contributed by atoms with E-state index in [0.717, 1.165) is 37.8 Å². The fraction of sp³-hybridized carbons (Fsp3) is 0.435. The minimum atomic E-state index is -0.835. The van der Waals surface area contributed by atoms with Gasteiger partial charge in [-0.1, -0.05) is 30.3 Å². The fourth-order valence-corrected chi connectivity index (χ4v) is 5.37. The Balaban J connectivity index is 1.32. The van der Waals surface area contributed by atoms with E-state index in [2.05, 4.69) is 34.9 Å². The summed E-state index contributed by atoms with van der Waals surface area (Å²) in [5, 5.41) is 6.55. The molecule has 5 rings (SSSR count). The molecular formula is C23H24F2N2O. The molecule has 2 fully saturated rings. The largest absolute Gasteiger partial charge is 0.351 e. The van der Waals surface area contributed by atoms with Crippen molar-refractivity contribution in [2.45, 2.75) is 43.1 Å². The lowest BCUT2D eigenvalue weighted by Gasteiger charge is -2.33. The molecule has 2 aromatic rings. The maximum Gasteiger partial charge on any atom is 0.224 e. The molecule has 3 aliphatic rings. The first-order valence-electron chi connectivity index (χ1n) is 10.1. The quantitative estimate of drug-likeness (QED) is 0.854. The van der Waals surface area contributed by atoms with Gasteiger partial charge >= 0.3 is 0 Å². The molecule has 1 saturated carbocycles. The Morgan fingerprint density at radius 2 is 2.00 bits per heavy atom. The van der Waals surface area contributed by atoms with Gasteiger partial charge < -0.3 is 10.6 Å². The lowest BCUT2D eigenvalue weighted by atomic mass is 9.85. The SMILES string of the molecule is O=C(NC1CNCCC1c1ccc(F)c(F)c1)C1CC12CCc1ccccc12. The van der Waals surface area contributed by atoms with Crippen LogP contribution < -0.4 is 10.6 Å². The summed E-state index contributed by atoms with van der Waals surface area (Å²) in [4.78, 5) is 13.1. The zero-order valence-electron chi connectivity index (χ0n) is 15.7. The summed E-state index contributed by atoms with van der Waals surface area (Å²) < 4.78 is 27.0. The van der Waals surface area contributed by atoms with E-state index < -0.39 is 11.6 Å². The molecule has 1 heterocycles. The average Bonchev–Trinajstić information content (AvgIpc) is 3.33. The van der Waals surface area contributed by atoms with E-state index in [0.29, 0.717) is 6.54 Å². The van der Waals surface area contributed by atoms with Gasteiger partial charge in [0.2, 0.25) is 5.91 Å². The van der Waals surface area contributed by atoms with Crippen molar-refractivity contribution in [1.82, 2.24) is 10.6 Å². The van der Waals surface area contributed by atoms with Crippen LogP contribution in [0.3, 0.4) is 0 Å². The van der Waals surface area contributed by atoms with Gasteiger partial charge in [0.25, 0.3) is 0 Å². The van der Waals surface area contributed by atoms with E-state index in [-0.39, 0.29) is 29.2 Å². The molecule has 2 aromatic carbocycles. The van der Waals surface area contributed by atoms with Crippen LogP contribution in [0.1, 0.15) is 41.9 Å². The topological polar surface area (TPSA) is 41.1 Å². The van der Waals surface area contributed by atoms with E-state index in [9.17, 15) is 13.6 Å². The van der Waals surface area contributed by atoms with Crippen molar-refractivity contribution >= 4 is 5.91 Å². The van der Waals surface area contributed by atoms with Gasteiger partial charge in [0.1, 0.15) is 0 Å². The summed E-state index contributed by atoms with van der Waals surface area (Å²) >= 11 is 0. The van der Waals surface area contributed by atoms with Gasteiger partial charge in [0, 0.05) is 29.8 Å². The van der Waals surface area contributed by atoms with Crippen LogP contribution in [0.15, 0.2) is 42.5 Å². The van der Waals surface area contributed by atoms with Crippen molar-refractivity contribution in [3.05, 3.63) is 70.8 Å². The molecule has 4 atom stereocenters.